The predicted molar refractivity (Wildman–Crippen MR) is 128 cm³/mol. The SMILES string of the molecule is COC(=O)CCc1ccc(N(C)Cc2ccccc2)c(-c2ccc3ccccc3c2)c1. The van der Waals surface area contributed by atoms with Crippen LogP contribution in [0, 0.1) is 0 Å². The Morgan fingerprint density at radius 3 is 2.32 bits per heavy atom. The molecule has 0 saturated heterocycles. The minimum atomic E-state index is -0.183. The number of hydrogen-bond acceptors (Lipinski definition) is 3. The average Bonchev–Trinajstić information content (AvgIpc) is 2.82. The Morgan fingerprint density at radius 1 is 0.806 bits per heavy atom. The molecule has 0 aliphatic rings. The van der Waals surface area contributed by atoms with Gasteiger partial charge >= 0.3 is 5.97 Å². The molecular weight excluding hydrogens is 382 g/mol. The molecule has 4 aromatic rings. The molecule has 156 valence electrons. The quantitative estimate of drug-likeness (QED) is 0.338. The lowest BCUT2D eigenvalue weighted by Gasteiger charge is -2.24. The van der Waals surface area contributed by atoms with Crippen LogP contribution in [0.3, 0.4) is 0 Å². The Hall–Kier alpha value is -3.59. The fraction of sp³-hybridized carbons (Fsp3) is 0.179. The zero-order chi connectivity index (χ0) is 21.6. The van der Waals surface area contributed by atoms with Crippen molar-refractivity contribution in [3.05, 3.63) is 102 Å². The predicted octanol–water partition coefficient (Wildman–Crippen LogP) is 6.25. The molecule has 0 amide bonds. The molecule has 0 aromatic heterocycles. The number of esters is 1. The van der Waals surface area contributed by atoms with Crippen molar-refractivity contribution in [1.82, 2.24) is 0 Å². The fourth-order valence-corrected chi connectivity index (χ4v) is 3.95. The van der Waals surface area contributed by atoms with Gasteiger partial charge in [-0.05, 0) is 52.1 Å². The molecule has 0 saturated carbocycles. The maximum absolute atomic E-state index is 11.6. The van der Waals surface area contributed by atoms with Crippen molar-refractivity contribution < 1.29 is 9.53 Å². The van der Waals surface area contributed by atoms with E-state index in [-0.39, 0.29) is 5.97 Å². The van der Waals surface area contributed by atoms with E-state index < -0.39 is 0 Å². The summed E-state index contributed by atoms with van der Waals surface area (Å²) in [6, 6.07) is 32.0. The number of hydrogen-bond donors (Lipinski definition) is 0. The van der Waals surface area contributed by atoms with Crippen molar-refractivity contribution in [2.24, 2.45) is 0 Å². The summed E-state index contributed by atoms with van der Waals surface area (Å²) in [5, 5.41) is 2.45. The zero-order valence-corrected chi connectivity index (χ0v) is 18.0. The number of carbonyl (C=O) groups excluding carboxylic acids is 1. The molecule has 0 N–H and O–H groups in total. The topological polar surface area (TPSA) is 29.5 Å². The summed E-state index contributed by atoms with van der Waals surface area (Å²) in [4.78, 5) is 13.9. The van der Waals surface area contributed by atoms with Crippen molar-refractivity contribution in [2.45, 2.75) is 19.4 Å². The van der Waals surface area contributed by atoms with Crippen LogP contribution in [0.1, 0.15) is 17.5 Å². The molecule has 4 aromatic carbocycles. The zero-order valence-electron chi connectivity index (χ0n) is 18.0. The van der Waals surface area contributed by atoms with Gasteiger partial charge in [0.05, 0.1) is 7.11 Å². The smallest absolute Gasteiger partial charge is 0.305 e. The second-order valence-corrected chi connectivity index (χ2v) is 7.83. The molecule has 0 fully saturated rings. The number of aryl methyl sites for hydroxylation is 1. The minimum absolute atomic E-state index is 0.183. The van der Waals surface area contributed by atoms with E-state index in [1.807, 2.05) is 6.07 Å². The van der Waals surface area contributed by atoms with Crippen LogP contribution in [-0.4, -0.2) is 20.1 Å². The highest BCUT2D eigenvalue weighted by atomic mass is 16.5. The van der Waals surface area contributed by atoms with Gasteiger partial charge < -0.3 is 9.64 Å². The van der Waals surface area contributed by atoms with Gasteiger partial charge in [-0.1, -0.05) is 72.8 Å². The number of fused-ring (bicyclic) bond motifs is 1. The van der Waals surface area contributed by atoms with Crippen molar-refractivity contribution in [3.63, 3.8) is 0 Å². The second kappa shape index (κ2) is 9.48. The third-order valence-electron chi connectivity index (χ3n) is 5.64. The van der Waals surface area contributed by atoms with Gasteiger partial charge in [-0.2, -0.15) is 0 Å². The van der Waals surface area contributed by atoms with E-state index in [2.05, 4.69) is 96.9 Å². The third-order valence-corrected chi connectivity index (χ3v) is 5.64. The molecule has 0 bridgehead atoms. The van der Waals surface area contributed by atoms with Gasteiger partial charge in [0.2, 0.25) is 0 Å². The number of carbonyl (C=O) groups is 1. The first-order valence-electron chi connectivity index (χ1n) is 10.6. The van der Waals surface area contributed by atoms with Gasteiger partial charge in [0.25, 0.3) is 0 Å². The minimum Gasteiger partial charge on any atom is -0.469 e. The largest absolute Gasteiger partial charge is 0.469 e. The van der Waals surface area contributed by atoms with E-state index in [1.54, 1.807) is 0 Å². The molecule has 0 aliphatic heterocycles. The van der Waals surface area contributed by atoms with E-state index in [0.29, 0.717) is 12.8 Å². The first-order valence-corrected chi connectivity index (χ1v) is 10.6. The number of benzene rings is 4. The maximum atomic E-state index is 11.6. The van der Waals surface area contributed by atoms with Gasteiger partial charge in [-0.15, -0.1) is 0 Å². The summed E-state index contributed by atoms with van der Waals surface area (Å²) in [6.45, 7) is 0.822. The number of anilines is 1. The Balaban J connectivity index is 1.73. The van der Waals surface area contributed by atoms with Gasteiger partial charge in [0.15, 0.2) is 0 Å². The molecule has 0 aliphatic carbocycles. The third kappa shape index (κ3) is 4.95. The van der Waals surface area contributed by atoms with E-state index in [4.69, 9.17) is 4.74 Å². The summed E-state index contributed by atoms with van der Waals surface area (Å²) in [5.74, 6) is -0.183. The summed E-state index contributed by atoms with van der Waals surface area (Å²) in [7, 11) is 3.56. The molecular formula is C28H27NO2. The van der Waals surface area contributed by atoms with Crippen LogP contribution < -0.4 is 4.90 Å². The van der Waals surface area contributed by atoms with E-state index >= 15 is 0 Å². The molecule has 0 radical (unpaired) electrons. The summed E-state index contributed by atoms with van der Waals surface area (Å²) in [6.07, 6.45) is 1.04. The lowest BCUT2D eigenvalue weighted by molar-refractivity contribution is -0.140. The maximum Gasteiger partial charge on any atom is 0.305 e. The molecule has 3 heteroatoms. The first-order chi connectivity index (χ1) is 15.1. The molecule has 4 rings (SSSR count). The monoisotopic (exact) mass is 409 g/mol. The standard InChI is InChI=1S/C28H27NO2/c1-29(20-22-8-4-3-5-9-22)27-16-12-21(13-17-28(30)31-2)18-26(27)25-15-14-23-10-6-7-11-24(23)19-25/h3-12,14-16,18-19H,13,17,20H2,1-2H3. The highest BCUT2D eigenvalue weighted by molar-refractivity contribution is 5.90. The van der Waals surface area contributed by atoms with Crippen molar-refractivity contribution in [1.29, 1.82) is 0 Å². The molecule has 31 heavy (non-hydrogen) atoms. The van der Waals surface area contributed by atoms with Gasteiger partial charge in [0.1, 0.15) is 0 Å². The Morgan fingerprint density at radius 2 is 1.55 bits per heavy atom. The summed E-state index contributed by atoms with van der Waals surface area (Å²) < 4.78 is 4.82. The van der Waals surface area contributed by atoms with Crippen LogP contribution in [0.5, 0.6) is 0 Å². The Bertz CT molecular complexity index is 1180. The van der Waals surface area contributed by atoms with Crippen LogP contribution in [-0.2, 0) is 22.5 Å². The Kier molecular flexibility index (Phi) is 6.32. The van der Waals surface area contributed by atoms with Crippen LogP contribution >= 0.6 is 0 Å². The van der Waals surface area contributed by atoms with E-state index in [9.17, 15) is 4.79 Å². The highest BCUT2D eigenvalue weighted by Crippen LogP contribution is 2.34. The number of nitrogens with zero attached hydrogens (tertiary/aromatic N) is 1. The van der Waals surface area contributed by atoms with Gasteiger partial charge in [0, 0.05) is 31.3 Å². The fourth-order valence-electron chi connectivity index (χ4n) is 3.95. The van der Waals surface area contributed by atoms with Crippen LogP contribution in [0.2, 0.25) is 0 Å². The number of rotatable bonds is 7. The van der Waals surface area contributed by atoms with Crippen LogP contribution in [0.15, 0.2) is 91.0 Å². The van der Waals surface area contributed by atoms with E-state index in [0.717, 1.165) is 12.1 Å². The molecule has 0 unspecified atom stereocenters. The molecule has 0 spiro atoms. The van der Waals surface area contributed by atoms with Crippen molar-refractivity contribution in [3.8, 4) is 11.1 Å². The lowest BCUT2D eigenvalue weighted by atomic mass is 9.96. The molecule has 3 nitrogen and oxygen atoms in total. The van der Waals surface area contributed by atoms with E-state index in [1.165, 1.54) is 40.3 Å². The number of methoxy groups -OCH3 is 1. The first kappa shape index (κ1) is 20.7. The molecule has 0 atom stereocenters. The summed E-state index contributed by atoms with van der Waals surface area (Å²) in [5.41, 5.74) is 5.91. The average molecular weight is 410 g/mol. The lowest BCUT2D eigenvalue weighted by Crippen LogP contribution is -2.17. The van der Waals surface area contributed by atoms with Crippen LogP contribution in [0.4, 0.5) is 5.69 Å². The van der Waals surface area contributed by atoms with Crippen LogP contribution in [0.25, 0.3) is 21.9 Å². The van der Waals surface area contributed by atoms with Gasteiger partial charge in [-0.25, -0.2) is 0 Å². The molecule has 0 heterocycles. The van der Waals surface area contributed by atoms with Crippen molar-refractivity contribution >= 4 is 22.4 Å². The normalized spacial score (nSPS) is 10.8. The van der Waals surface area contributed by atoms with Crippen molar-refractivity contribution in [2.75, 3.05) is 19.1 Å². The highest BCUT2D eigenvalue weighted by Gasteiger charge is 2.13. The second-order valence-electron chi connectivity index (χ2n) is 7.83. The number of ether oxygens (including phenoxy) is 1. The van der Waals surface area contributed by atoms with Gasteiger partial charge in [-0.3, -0.25) is 4.79 Å². The summed E-state index contributed by atoms with van der Waals surface area (Å²) >= 11 is 0. The Labute approximate surface area is 183 Å².